The molecular weight excluding hydrogens is 302 g/mol. The number of hydrogen-bond donors (Lipinski definition) is 0. The van der Waals surface area contributed by atoms with Crippen molar-refractivity contribution in [3.8, 4) is 6.07 Å². The molecule has 3 rings (SSSR count). The maximum atomic E-state index is 9.49. The lowest BCUT2D eigenvalue weighted by Crippen LogP contribution is -2.59. The molecule has 1 spiro atoms. The van der Waals surface area contributed by atoms with Crippen LogP contribution in [0, 0.1) is 18.3 Å². The van der Waals surface area contributed by atoms with E-state index in [9.17, 15) is 5.26 Å². The summed E-state index contributed by atoms with van der Waals surface area (Å²) in [6.07, 6.45) is 3.66. The van der Waals surface area contributed by atoms with Crippen LogP contribution in [0.5, 0.6) is 0 Å². The molecule has 1 aromatic heterocycles. The van der Waals surface area contributed by atoms with Gasteiger partial charge in [-0.05, 0) is 32.3 Å². The minimum Gasteiger partial charge on any atom is -0.378 e. The van der Waals surface area contributed by atoms with Crippen LogP contribution in [0.4, 0.5) is 5.82 Å². The molecule has 2 atom stereocenters. The Bertz CT molecular complexity index is 608. The minimum absolute atomic E-state index is 0.0692. The van der Waals surface area contributed by atoms with Crippen molar-refractivity contribution in [2.45, 2.75) is 38.4 Å². The van der Waals surface area contributed by atoms with E-state index in [1.807, 2.05) is 6.92 Å². The van der Waals surface area contributed by atoms with Gasteiger partial charge in [0.15, 0.2) is 0 Å². The van der Waals surface area contributed by atoms with Crippen LogP contribution in [0.2, 0.25) is 5.02 Å². The Morgan fingerprint density at radius 2 is 2.36 bits per heavy atom. The van der Waals surface area contributed by atoms with Gasteiger partial charge in [0.2, 0.25) is 0 Å². The molecule has 2 saturated heterocycles. The normalized spacial score (nSPS) is 28.6. The van der Waals surface area contributed by atoms with Gasteiger partial charge < -0.3 is 14.4 Å². The van der Waals surface area contributed by atoms with Crippen molar-refractivity contribution in [3.05, 3.63) is 22.3 Å². The molecule has 2 fully saturated rings. The quantitative estimate of drug-likeness (QED) is 0.796. The van der Waals surface area contributed by atoms with Gasteiger partial charge in [-0.1, -0.05) is 11.6 Å². The van der Waals surface area contributed by atoms with Gasteiger partial charge in [-0.15, -0.1) is 0 Å². The van der Waals surface area contributed by atoms with Crippen molar-refractivity contribution in [2.24, 2.45) is 0 Å². The largest absolute Gasteiger partial charge is 0.378 e. The number of pyridine rings is 1. The predicted molar refractivity (Wildman–Crippen MR) is 84.2 cm³/mol. The van der Waals surface area contributed by atoms with Crippen LogP contribution in [0.3, 0.4) is 0 Å². The van der Waals surface area contributed by atoms with Gasteiger partial charge in [0, 0.05) is 19.3 Å². The van der Waals surface area contributed by atoms with Gasteiger partial charge in [0.25, 0.3) is 0 Å². The third-order valence-corrected chi connectivity index (χ3v) is 4.74. The number of morpholine rings is 1. The van der Waals surface area contributed by atoms with Crippen molar-refractivity contribution >= 4 is 17.4 Å². The maximum Gasteiger partial charge on any atom is 0.147 e. The highest BCUT2D eigenvalue weighted by molar-refractivity contribution is 6.31. The highest BCUT2D eigenvalue weighted by Crippen LogP contribution is 2.34. The lowest BCUT2D eigenvalue weighted by Gasteiger charge is -2.47. The standard InChI is InChI=1S/C16H20ClN3O2/c1-11-8-20(9-16(22-11)4-3-5-21-10-16)15-13(6-18)12(2)14(17)7-19-15/h7,11H,3-5,8-10H2,1-2H3/t11-,16-/m1/s1. The molecule has 0 N–H and O–H groups in total. The van der Waals surface area contributed by atoms with Crippen molar-refractivity contribution < 1.29 is 9.47 Å². The number of ether oxygens (including phenoxy) is 2. The zero-order valence-electron chi connectivity index (χ0n) is 12.9. The molecule has 3 heterocycles. The van der Waals surface area contributed by atoms with Crippen LogP contribution in [-0.2, 0) is 9.47 Å². The van der Waals surface area contributed by atoms with E-state index in [0.29, 0.717) is 36.1 Å². The number of halogens is 1. The van der Waals surface area contributed by atoms with Crippen LogP contribution in [-0.4, -0.2) is 43.0 Å². The van der Waals surface area contributed by atoms with Crippen molar-refractivity contribution in [1.82, 2.24) is 4.98 Å². The number of aromatic nitrogens is 1. The molecule has 1 aromatic rings. The van der Waals surface area contributed by atoms with Crippen LogP contribution >= 0.6 is 11.6 Å². The van der Waals surface area contributed by atoms with Gasteiger partial charge in [-0.2, -0.15) is 5.26 Å². The second kappa shape index (κ2) is 6.04. The average Bonchev–Trinajstić information content (AvgIpc) is 2.49. The van der Waals surface area contributed by atoms with E-state index < -0.39 is 0 Å². The van der Waals surface area contributed by atoms with Crippen molar-refractivity contribution in [2.75, 3.05) is 31.2 Å². The molecule has 0 radical (unpaired) electrons. The molecule has 0 aliphatic carbocycles. The first-order valence-electron chi connectivity index (χ1n) is 7.60. The minimum atomic E-state index is -0.294. The first kappa shape index (κ1) is 15.5. The van der Waals surface area contributed by atoms with E-state index in [4.69, 9.17) is 21.1 Å². The highest BCUT2D eigenvalue weighted by Gasteiger charge is 2.42. The molecule has 2 aliphatic rings. The second-order valence-electron chi connectivity index (χ2n) is 6.19. The monoisotopic (exact) mass is 321 g/mol. The summed E-state index contributed by atoms with van der Waals surface area (Å²) in [5.74, 6) is 0.699. The second-order valence-corrected chi connectivity index (χ2v) is 6.60. The smallest absolute Gasteiger partial charge is 0.147 e. The lowest BCUT2D eigenvalue weighted by molar-refractivity contribution is -0.160. The lowest BCUT2D eigenvalue weighted by atomic mass is 9.93. The highest BCUT2D eigenvalue weighted by atomic mass is 35.5. The van der Waals surface area contributed by atoms with Crippen LogP contribution in [0.25, 0.3) is 0 Å². The third-order valence-electron chi connectivity index (χ3n) is 4.36. The topological polar surface area (TPSA) is 58.4 Å². The summed E-state index contributed by atoms with van der Waals surface area (Å²) in [4.78, 5) is 6.56. The molecule has 5 nitrogen and oxygen atoms in total. The predicted octanol–water partition coefficient (Wildman–Crippen LogP) is 2.69. The molecule has 0 bridgehead atoms. The Kier molecular flexibility index (Phi) is 4.26. The van der Waals surface area contributed by atoms with E-state index in [0.717, 1.165) is 25.0 Å². The van der Waals surface area contributed by atoms with Crippen LogP contribution < -0.4 is 4.90 Å². The Morgan fingerprint density at radius 1 is 1.55 bits per heavy atom. The third kappa shape index (κ3) is 2.79. The summed E-state index contributed by atoms with van der Waals surface area (Å²) in [7, 11) is 0. The zero-order valence-corrected chi connectivity index (χ0v) is 13.7. The molecule has 118 valence electrons. The number of rotatable bonds is 1. The molecule has 6 heteroatoms. The number of hydrogen-bond acceptors (Lipinski definition) is 5. The summed E-state index contributed by atoms with van der Waals surface area (Å²) in [5.41, 5.74) is 1.04. The number of nitriles is 1. The van der Waals surface area contributed by atoms with Crippen LogP contribution in [0.15, 0.2) is 6.20 Å². The Morgan fingerprint density at radius 3 is 3.05 bits per heavy atom. The SMILES string of the molecule is Cc1c(Cl)cnc(N2C[C@@H](C)O[C@]3(CCCOC3)C2)c1C#N. The molecular formula is C16H20ClN3O2. The fourth-order valence-electron chi connectivity index (χ4n) is 3.37. The maximum absolute atomic E-state index is 9.49. The van der Waals surface area contributed by atoms with Gasteiger partial charge in [0.1, 0.15) is 17.5 Å². The average molecular weight is 322 g/mol. The van der Waals surface area contributed by atoms with Gasteiger partial charge >= 0.3 is 0 Å². The van der Waals surface area contributed by atoms with E-state index in [2.05, 4.69) is 22.9 Å². The molecule has 0 unspecified atom stereocenters. The van der Waals surface area contributed by atoms with E-state index in [1.165, 1.54) is 0 Å². The Labute approximate surface area is 135 Å². The van der Waals surface area contributed by atoms with E-state index >= 15 is 0 Å². The Hall–Kier alpha value is -1.35. The Balaban J connectivity index is 1.94. The molecule has 22 heavy (non-hydrogen) atoms. The summed E-state index contributed by atoms with van der Waals surface area (Å²) >= 11 is 6.10. The molecule has 2 aliphatic heterocycles. The van der Waals surface area contributed by atoms with Crippen molar-refractivity contribution in [3.63, 3.8) is 0 Å². The van der Waals surface area contributed by atoms with Gasteiger partial charge in [0.05, 0.1) is 29.8 Å². The molecule has 0 amide bonds. The number of anilines is 1. The summed E-state index contributed by atoms with van der Waals surface area (Å²) in [6.45, 7) is 6.71. The summed E-state index contributed by atoms with van der Waals surface area (Å²) in [6, 6.07) is 2.25. The summed E-state index contributed by atoms with van der Waals surface area (Å²) < 4.78 is 11.8. The van der Waals surface area contributed by atoms with Gasteiger partial charge in [-0.25, -0.2) is 4.98 Å². The van der Waals surface area contributed by atoms with Crippen LogP contribution in [0.1, 0.15) is 30.9 Å². The first-order valence-corrected chi connectivity index (χ1v) is 7.98. The summed E-state index contributed by atoms with van der Waals surface area (Å²) in [5, 5.41) is 10.0. The molecule has 0 aromatic carbocycles. The zero-order chi connectivity index (χ0) is 15.7. The molecule has 0 saturated carbocycles. The van der Waals surface area contributed by atoms with E-state index in [-0.39, 0.29) is 11.7 Å². The fraction of sp³-hybridized carbons (Fsp3) is 0.625. The first-order chi connectivity index (χ1) is 10.5. The number of nitrogens with zero attached hydrogens (tertiary/aromatic N) is 3. The fourth-order valence-corrected chi connectivity index (χ4v) is 3.51. The van der Waals surface area contributed by atoms with E-state index in [1.54, 1.807) is 6.20 Å². The van der Waals surface area contributed by atoms with Crippen molar-refractivity contribution in [1.29, 1.82) is 5.26 Å². The van der Waals surface area contributed by atoms with Gasteiger partial charge in [-0.3, -0.25) is 0 Å².